The van der Waals surface area contributed by atoms with E-state index in [9.17, 15) is 14.7 Å². The zero-order valence-corrected chi connectivity index (χ0v) is 26.8. The molecular formula is C34H24Br2O6S. The summed E-state index contributed by atoms with van der Waals surface area (Å²) in [6.45, 7) is -0.444. The number of carbonyl (C=O) groups is 2. The summed E-state index contributed by atoms with van der Waals surface area (Å²) in [5.41, 5.74) is 2.83. The normalized spacial score (nSPS) is 12.0. The molecule has 9 heteroatoms. The zero-order valence-electron chi connectivity index (χ0n) is 22.8. The van der Waals surface area contributed by atoms with E-state index in [-0.39, 0.29) is 0 Å². The van der Waals surface area contributed by atoms with Gasteiger partial charge >= 0.3 is 11.9 Å². The predicted molar refractivity (Wildman–Crippen MR) is 177 cm³/mol. The Morgan fingerprint density at radius 3 is 2.14 bits per heavy atom. The van der Waals surface area contributed by atoms with Crippen LogP contribution < -0.4 is 9.47 Å². The summed E-state index contributed by atoms with van der Waals surface area (Å²) >= 11 is 8.99. The molecule has 0 fully saturated rings. The van der Waals surface area contributed by atoms with Gasteiger partial charge in [-0.05, 0) is 72.1 Å². The molecule has 0 aliphatic carbocycles. The van der Waals surface area contributed by atoms with Crippen LogP contribution >= 0.6 is 43.2 Å². The number of ether oxygens (including phenoxy) is 3. The topological polar surface area (TPSA) is 82.1 Å². The number of aliphatic carboxylic acids is 1. The lowest BCUT2D eigenvalue weighted by Crippen LogP contribution is -2.31. The van der Waals surface area contributed by atoms with Gasteiger partial charge in [0.15, 0.2) is 12.7 Å². The maximum absolute atomic E-state index is 12.7. The van der Waals surface area contributed by atoms with Crippen LogP contribution in [0.25, 0.3) is 42.1 Å². The Labute approximate surface area is 268 Å². The van der Waals surface area contributed by atoms with E-state index < -0.39 is 24.6 Å². The van der Waals surface area contributed by atoms with Crippen LogP contribution in [0, 0.1) is 0 Å². The van der Waals surface area contributed by atoms with Crippen molar-refractivity contribution in [3.8, 4) is 22.6 Å². The van der Waals surface area contributed by atoms with Crippen molar-refractivity contribution >= 4 is 86.1 Å². The van der Waals surface area contributed by atoms with Crippen molar-refractivity contribution < 1.29 is 28.9 Å². The van der Waals surface area contributed by atoms with E-state index in [1.165, 1.54) is 7.11 Å². The van der Waals surface area contributed by atoms with E-state index in [1.807, 2.05) is 78.9 Å². The summed E-state index contributed by atoms with van der Waals surface area (Å²) in [6.07, 6.45) is -0.511. The van der Waals surface area contributed by atoms with Crippen LogP contribution in [0.5, 0.6) is 11.5 Å². The molecule has 0 radical (unpaired) electrons. The summed E-state index contributed by atoms with van der Waals surface area (Å²) in [5, 5.41) is 13.2. The van der Waals surface area contributed by atoms with Crippen LogP contribution in [-0.4, -0.2) is 36.9 Å². The second-order valence-electron chi connectivity index (χ2n) is 9.82. The lowest BCUT2D eigenvalue weighted by atomic mass is 9.92. The minimum Gasteiger partial charge on any atom is -0.480 e. The molecule has 0 unspecified atom stereocenters. The molecule has 43 heavy (non-hydrogen) atoms. The molecule has 6 nitrogen and oxygen atoms in total. The molecular weight excluding hydrogens is 696 g/mol. The second-order valence-corrected chi connectivity index (χ2v) is 12.6. The average Bonchev–Trinajstić information content (AvgIpc) is 3.39. The highest BCUT2D eigenvalue weighted by atomic mass is 79.9. The summed E-state index contributed by atoms with van der Waals surface area (Å²) in [4.78, 5) is 24.2. The number of fused-ring (bicyclic) bond motifs is 4. The van der Waals surface area contributed by atoms with Crippen molar-refractivity contribution in [3.05, 3.63) is 106 Å². The highest BCUT2D eigenvalue weighted by molar-refractivity contribution is 9.11. The van der Waals surface area contributed by atoms with E-state index in [0.717, 1.165) is 47.6 Å². The molecule has 0 saturated carbocycles. The van der Waals surface area contributed by atoms with Gasteiger partial charge in [-0.15, -0.1) is 11.3 Å². The second kappa shape index (κ2) is 12.4. The highest BCUT2D eigenvalue weighted by Gasteiger charge is 2.26. The largest absolute Gasteiger partial charge is 0.480 e. The van der Waals surface area contributed by atoms with Crippen molar-refractivity contribution in [1.82, 2.24) is 0 Å². The number of methoxy groups -OCH3 is 1. The molecule has 1 aromatic heterocycles. The van der Waals surface area contributed by atoms with Crippen LogP contribution in [0.4, 0.5) is 0 Å². The van der Waals surface area contributed by atoms with Crippen molar-refractivity contribution in [1.29, 1.82) is 0 Å². The molecule has 0 aliphatic heterocycles. The number of benzene rings is 5. The van der Waals surface area contributed by atoms with Crippen molar-refractivity contribution in [2.24, 2.45) is 0 Å². The third kappa shape index (κ3) is 5.72. The van der Waals surface area contributed by atoms with E-state index >= 15 is 0 Å². The van der Waals surface area contributed by atoms with E-state index in [0.29, 0.717) is 26.9 Å². The number of carboxylic acids is 1. The number of hydrogen-bond donors (Lipinski definition) is 1. The Hall–Kier alpha value is -3.92. The monoisotopic (exact) mass is 718 g/mol. The third-order valence-electron chi connectivity index (χ3n) is 7.11. The van der Waals surface area contributed by atoms with E-state index in [2.05, 4.69) is 44.0 Å². The van der Waals surface area contributed by atoms with Crippen LogP contribution in [0.15, 0.2) is 99.9 Å². The molecule has 5 aromatic carbocycles. The molecule has 0 spiro atoms. The number of carbonyl (C=O) groups excluding carboxylic acids is 1. The summed E-state index contributed by atoms with van der Waals surface area (Å²) in [7, 11) is 1.35. The zero-order chi connectivity index (χ0) is 30.1. The third-order valence-corrected chi connectivity index (χ3v) is 9.46. The molecule has 0 bridgehead atoms. The molecule has 0 saturated heterocycles. The SMILES string of the molecule is COC(=O)[C@@H](Cc1ccccc1)Oc1c(Br)cc(-c2c3ccccc3c(OCC(=O)O)c3sc4ccccc4c23)cc1Br. The fraction of sp³-hybridized carbons (Fsp3) is 0.118. The minimum absolute atomic E-state index is 0.345. The lowest BCUT2D eigenvalue weighted by molar-refractivity contribution is -0.148. The van der Waals surface area contributed by atoms with Crippen LogP contribution in [0.2, 0.25) is 0 Å². The fourth-order valence-corrected chi connectivity index (χ4v) is 7.87. The van der Waals surface area contributed by atoms with Crippen molar-refractivity contribution in [3.63, 3.8) is 0 Å². The number of carboxylic acid groups (broad SMARTS) is 1. The van der Waals surface area contributed by atoms with Gasteiger partial charge in [0.2, 0.25) is 0 Å². The van der Waals surface area contributed by atoms with Gasteiger partial charge in [0.25, 0.3) is 0 Å². The van der Waals surface area contributed by atoms with Crippen LogP contribution in [0.3, 0.4) is 0 Å². The van der Waals surface area contributed by atoms with Gasteiger partial charge in [-0.1, -0.05) is 72.8 Å². The summed E-state index contributed by atoms with van der Waals surface area (Å²) < 4.78 is 20.5. The highest BCUT2D eigenvalue weighted by Crippen LogP contribution is 2.51. The first-order valence-electron chi connectivity index (χ1n) is 13.3. The van der Waals surface area contributed by atoms with Gasteiger partial charge in [-0.25, -0.2) is 9.59 Å². The Bertz CT molecular complexity index is 1980. The molecule has 6 aromatic rings. The maximum Gasteiger partial charge on any atom is 0.347 e. The Balaban J connectivity index is 1.53. The molecule has 6 rings (SSSR count). The van der Waals surface area contributed by atoms with Crippen molar-refractivity contribution in [2.45, 2.75) is 12.5 Å². The van der Waals surface area contributed by atoms with Gasteiger partial charge in [-0.2, -0.15) is 0 Å². The fourth-order valence-electron chi connectivity index (χ4n) is 5.28. The number of esters is 1. The Morgan fingerprint density at radius 2 is 1.47 bits per heavy atom. The predicted octanol–water partition coefficient (Wildman–Crippen LogP) is 9.03. The van der Waals surface area contributed by atoms with Gasteiger partial charge in [-0.3, -0.25) is 0 Å². The van der Waals surface area contributed by atoms with Crippen molar-refractivity contribution in [2.75, 3.05) is 13.7 Å². The molecule has 1 N–H and O–H groups in total. The van der Waals surface area contributed by atoms with Crippen LogP contribution in [0.1, 0.15) is 5.56 Å². The molecule has 1 heterocycles. The van der Waals surface area contributed by atoms with Gasteiger partial charge in [0.05, 0.1) is 20.8 Å². The first kappa shape index (κ1) is 29.2. The Kier molecular flexibility index (Phi) is 8.38. The summed E-state index contributed by atoms with van der Waals surface area (Å²) in [5.74, 6) is -0.477. The summed E-state index contributed by atoms with van der Waals surface area (Å²) in [6, 6.07) is 29.5. The number of hydrogen-bond acceptors (Lipinski definition) is 6. The lowest BCUT2D eigenvalue weighted by Gasteiger charge is -2.20. The van der Waals surface area contributed by atoms with E-state index in [4.69, 9.17) is 14.2 Å². The smallest absolute Gasteiger partial charge is 0.347 e. The van der Waals surface area contributed by atoms with E-state index in [1.54, 1.807) is 11.3 Å². The molecule has 216 valence electrons. The van der Waals surface area contributed by atoms with Gasteiger partial charge < -0.3 is 19.3 Å². The minimum atomic E-state index is -1.04. The molecule has 0 aliphatic rings. The quantitative estimate of drug-likeness (QED) is 0.150. The number of rotatable bonds is 9. The number of thiophene rings is 1. The first-order valence-corrected chi connectivity index (χ1v) is 15.7. The van der Waals surface area contributed by atoms with Crippen LogP contribution in [-0.2, 0) is 20.7 Å². The average molecular weight is 720 g/mol. The molecule has 0 amide bonds. The Morgan fingerprint density at radius 1 is 0.837 bits per heavy atom. The molecule has 1 atom stereocenters. The number of halogens is 2. The van der Waals surface area contributed by atoms with Gasteiger partial charge in [0, 0.05) is 27.3 Å². The van der Waals surface area contributed by atoms with Gasteiger partial charge in [0.1, 0.15) is 11.5 Å². The first-order chi connectivity index (χ1) is 20.9. The maximum atomic E-state index is 12.7. The standard InChI is InChI=1S/C34H24Br2O6S/c1-40-34(39)26(15-19-9-3-2-4-10-19)42-32-24(35)16-20(17-25(32)36)29-21-11-5-6-12-22(21)31(41-18-28(37)38)33-30(29)23-13-7-8-14-27(23)43-33/h2-14,16-17,26H,15,18H2,1H3,(H,37,38)/t26-/m1/s1.